The van der Waals surface area contributed by atoms with E-state index in [4.69, 9.17) is 0 Å². The zero-order valence-electron chi connectivity index (χ0n) is 30.8. The summed E-state index contributed by atoms with van der Waals surface area (Å²) < 4.78 is 5.37. The number of hydrogen-bond acceptors (Lipinski definition) is 0. The maximum Gasteiger partial charge on any atom is 0.252 e. The monoisotopic (exact) mass is 696 g/mol. The highest BCUT2D eigenvalue weighted by Crippen LogP contribution is 2.62. The largest absolute Gasteiger partial charge is 0.310 e. The van der Waals surface area contributed by atoms with E-state index in [0.717, 1.165) is 0 Å². The molecule has 55 heavy (non-hydrogen) atoms. The lowest BCUT2D eigenvalue weighted by atomic mass is 9.33. The Morgan fingerprint density at radius 3 is 1.69 bits per heavy atom. The lowest BCUT2D eigenvalue weighted by molar-refractivity contribution is 0.749. The van der Waals surface area contributed by atoms with Crippen LogP contribution in [-0.4, -0.2) is 15.8 Å². The summed E-state index contributed by atoms with van der Waals surface area (Å²) in [5.74, 6) is 0. The Hall–Kier alpha value is -6.58. The van der Waals surface area contributed by atoms with Gasteiger partial charge in [0.2, 0.25) is 0 Å². The molecule has 0 atom stereocenters. The zero-order valence-corrected chi connectivity index (χ0v) is 30.8. The van der Waals surface area contributed by atoms with Crippen LogP contribution in [0.4, 0.5) is 0 Å². The van der Waals surface area contributed by atoms with Crippen LogP contribution in [0.2, 0.25) is 0 Å². The van der Waals surface area contributed by atoms with E-state index in [1.54, 1.807) is 0 Å². The Labute approximate surface area is 319 Å². The van der Waals surface area contributed by atoms with Crippen molar-refractivity contribution in [3.8, 4) is 33.6 Å². The number of fused-ring (bicyclic) bond motifs is 14. The molecular weight excluding hydrogens is 663 g/mol. The predicted molar refractivity (Wildman–Crippen MR) is 230 cm³/mol. The molecule has 3 aliphatic heterocycles. The second-order valence-corrected chi connectivity index (χ2v) is 16.5. The summed E-state index contributed by atoms with van der Waals surface area (Å²) in [6.45, 7) is 6.95. The molecule has 1 aliphatic carbocycles. The normalized spacial score (nSPS) is 14.6. The summed E-state index contributed by atoms with van der Waals surface area (Å²) >= 11 is 0. The van der Waals surface area contributed by atoms with Gasteiger partial charge in [-0.05, 0) is 99.4 Å². The molecule has 2 nitrogen and oxygen atoms in total. The van der Waals surface area contributed by atoms with E-state index < -0.39 is 5.41 Å². The Bertz CT molecular complexity index is 3410. The second kappa shape index (κ2) is 9.37. The van der Waals surface area contributed by atoms with Crippen LogP contribution in [0.5, 0.6) is 0 Å². The number of para-hydroxylation sites is 4. The predicted octanol–water partition coefficient (Wildman–Crippen LogP) is 10.3. The van der Waals surface area contributed by atoms with E-state index in [1.807, 2.05) is 0 Å². The summed E-state index contributed by atoms with van der Waals surface area (Å²) in [5, 5.41) is 5.32. The first-order chi connectivity index (χ1) is 27.1. The van der Waals surface area contributed by atoms with Gasteiger partial charge in [-0.1, -0.05) is 139 Å². The van der Waals surface area contributed by atoms with Crippen LogP contribution in [0.3, 0.4) is 0 Å². The molecule has 1 spiro atoms. The molecule has 0 saturated heterocycles. The van der Waals surface area contributed by atoms with Crippen molar-refractivity contribution < 1.29 is 0 Å². The first-order valence-corrected chi connectivity index (χ1v) is 19.7. The van der Waals surface area contributed by atoms with Crippen LogP contribution in [0.25, 0.3) is 77.2 Å². The van der Waals surface area contributed by atoms with Crippen molar-refractivity contribution in [1.29, 1.82) is 0 Å². The minimum absolute atomic E-state index is 0.0706. The van der Waals surface area contributed by atoms with E-state index in [1.165, 1.54) is 133 Å². The van der Waals surface area contributed by atoms with Crippen molar-refractivity contribution in [2.75, 3.05) is 0 Å². The third kappa shape index (κ3) is 3.01. The lowest BCUT2D eigenvalue weighted by Gasteiger charge is -2.44. The van der Waals surface area contributed by atoms with E-state index in [0.29, 0.717) is 0 Å². The summed E-state index contributed by atoms with van der Waals surface area (Å²) in [4.78, 5) is 0. The van der Waals surface area contributed by atoms with Crippen LogP contribution in [0, 0.1) is 20.8 Å². The molecule has 0 N–H and O–H groups in total. The number of aryl methyl sites for hydroxylation is 3. The van der Waals surface area contributed by atoms with E-state index in [-0.39, 0.29) is 6.71 Å². The standard InChI is InChI=1S/C52H33BN2/c1-28-25-29(2)45(30(3)26-28)37-27-41-51-46-50(37)54-44-24-9-6-15-33(44)34-17-11-22-42(48(34)54)53(46)43-23-12-18-36-35-16-10-21-40(47(35)55(51)49(36)43)52(41)38-19-7-4-13-31(38)32-14-5-8-20-39(32)52/h4-27H,1-3H3. The van der Waals surface area contributed by atoms with Crippen LogP contribution in [0.1, 0.15) is 38.9 Å². The minimum atomic E-state index is -0.504. The minimum Gasteiger partial charge on any atom is -0.310 e. The number of aromatic nitrogens is 2. The fraction of sp³-hybridized carbons (Fsp3) is 0.0769. The quantitative estimate of drug-likeness (QED) is 0.151. The molecule has 4 aliphatic rings. The number of benzene rings is 8. The molecule has 0 radical (unpaired) electrons. The highest BCUT2D eigenvalue weighted by Gasteiger charge is 2.54. The van der Waals surface area contributed by atoms with Crippen molar-refractivity contribution in [1.82, 2.24) is 9.13 Å². The van der Waals surface area contributed by atoms with Crippen LogP contribution >= 0.6 is 0 Å². The molecule has 14 rings (SSSR count). The summed E-state index contributed by atoms with van der Waals surface area (Å²) in [6, 6.07) is 56.3. The maximum absolute atomic E-state index is 2.71. The number of hydrogen-bond donors (Lipinski definition) is 0. The van der Waals surface area contributed by atoms with Crippen LogP contribution < -0.4 is 16.4 Å². The van der Waals surface area contributed by atoms with Gasteiger partial charge in [-0.3, -0.25) is 0 Å². The van der Waals surface area contributed by atoms with Crippen molar-refractivity contribution in [3.05, 3.63) is 185 Å². The molecule has 8 aromatic carbocycles. The molecule has 5 heterocycles. The first-order valence-electron chi connectivity index (χ1n) is 19.7. The molecular formula is C52H33BN2. The van der Waals surface area contributed by atoms with Gasteiger partial charge in [0, 0.05) is 43.8 Å². The Morgan fingerprint density at radius 2 is 0.982 bits per heavy atom. The van der Waals surface area contributed by atoms with Crippen molar-refractivity contribution in [3.63, 3.8) is 0 Å². The highest BCUT2D eigenvalue weighted by molar-refractivity contribution is 7.00. The van der Waals surface area contributed by atoms with Gasteiger partial charge in [-0.2, -0.15) is 0 Å². The van der Waals surface area contributed by atoms with Gasteiger partial charge in [0.05, 0.1) is 22.1 Å². The van der Waals surface area contributed by atoms with Crippen molar-refractivity contribution in [2.24, 2.45) is 0 Å². The fourth-order valence-corrected chi connectivity index (χ4v) is 12.4. The van der Waals surface area contributed by atoms with Gasteiger partial charge in [-0.15, -0.1) is 0 Å². The molecule has 254 valence electrons. The van der Waals surface area contributed by atoms with E-state index >= 15 is 0 Å². The topological polar surface area (TPSA) is 9.86 Å². The van der Waals surface area contributed by atoms with Gasteiger partial charge in [-0.25, -0.2) is 0 Å². The maximum atomic E-state index is 2.71. The highest BCUT2D eigenvalue weighted by atomic mass is 15.1. The Balaban J connectivity index is 1.32. The van der Waals surface area contributed by atoms with Gasteiger partial charge >= 0.3 is 0 Å². The molecule has 10 aromatic rings. The van der Waals surface area contributed by atoms with E-state index in [2.05, 4.69) is 175 Å². The smallest absolute Gasteiger partial charge is 0.252 e. The Kier molecular flexibility index (Phi) is 4.92. The van der Waals surface area contributed by atoms with Gasteiger partial charge < -0.3 is 9.13 Å². The summed E-state index contributed by atoms with van der Waals surface area (Å²) in [6.07, 6.45) is 0. The first kappa shape index (κ1) is 28.9. The summed E-state index contributed by atoms with van der Waals surface area (Å²) in [7, 11) is 0. The third-order valence-electron chi connectivity index (χ3n) is 13.9. The van der Waals surface area contributed by atoms with Crippen LogP contribution in [0.15, 0.2) is 146 Å². The summed E-state index contributed by atoms with van der Waals surface area (Å²) in [5.41, 5.74) is 26.6. The number of rotatable bonds is 1. The molecule has 0 bridgehead atoms. The average Bonchev–Trinajstić information content (AvgIpc) is 3.83. The third-order valence-corrected chi connectivity index (χ3v) is 13.9. The molecule has 0 fully saturated rings. The number of nitrogens with zero attached hydrogens (tertiary/aromatic N) is 2. The Morgan fingerprint density at radius 1 is 0.436 bits per heavy atom. The molecule has 0 saturated carbocycles. The fourth-order valence-electron chi connectivity index (χ4n) is 12.4. The SMILES string of the molecule is Cc1cc(C)c(-c2cc3c4c5c2-n2c6ccccc6c6cccc(c62)B5c2cccc5c6cccc(c6n-4c25)C32c3ccccc3-c3ccccc32)c(C)c1. The van der Waals surface area contributed by atoms with Gasteiger partial charge in [0.15, 0.2) is 0 Å². The van der Waals surface area contributed by atoms with Crippen molar-refractivity contribution >= 4 is 66.7 Å². The van der Waals surface area contributed by atoms with Crippen molar-refractivity contribution in [2.45, 2.75) is 26.2 Å². The van der Waals surface area contributed by atoms with Gasteiger partial charge in [0.25, 0.3) is 6.71 Å². The average molecular weight is 697 g/mol. The lowest BCUT2D eigenvalue weighted by Crippen LogP contribution is -2.60. The zero-order chi connectivity index (χ0) is 36.1. The molecule has 0 amide bonds. The molecule has 0 unspecified atom stereocenters. The van der Waals surface area contributed by atoms with Gasteiger partial charge in [0.1, 0.15) is 0 Å². The molecule has 2 aromatic heterocycles. The van der Waals surface area contributed by atoms with Crippen LogP contribution in [-0.2, 0) is 5.41 Å². The van der Waals surface area contributed by atoms with E-state index in [9.17, 15) is 0 Å². The second-order valence-electron chi connectivity index (χ2n) is 16.5. The molecule has 3 heteroatoms.